The lowest BCUT2D eigenvalue weighted by Gasteiger charge is -2.23. The molecule has 0 aliphatic carbocycles. The van der Waals surface area contributed by atoms with Crippen LogP contribution in [0.5, 0.6) is 0 Å². The van der Waals surface area contributed by atoms with Crippen molar-refractivity contribution in [2.45, 2.75) is 23.1 Å². The van der Waals surface area contributed by atoms with Crippen LogP contribution in [-0.4, -0.2) is 35.0 Å². The van der Waals surface area contributed by atoms with E-state index in [9.17, 15) is 23.2 Å². The molecule has 1 aliphatic heterocycles. The third kappa shape index (κ3) is 4.43. The fraction of sp³-hybridized carbons (Fsp3) is 0.211. The summed E-state index contributed by atoms with van der Waals surface area (Å²) in [6.45, 7) is 1.01. The zero-order chi connectivity index (χ0) is 21.2. The van der Waals surface area contributed by atoms with Crippen LogP contribution in [-0.2, 0) is 15.1 Å². The number of nitrogens with one attached hydrogen (secondary N) is 2. The van der Waals surface area contributed by atoms with E-state index in [1.54, 1.807) is 43.3 Å². The molecule has 3 rings (SSSR count). The van der Waals surface area contributed by atoms with Gasteiger partial charge in [0, 0.05) is 14.9 Å². The van der Waals surface area contributed by atoms with E-state index in [0.29, 0.717) is 21.8 Å². The van der Waals surface area contributed by atoms with Crippen molar-refractivity contribution in [2.24, 2.45) is 0 Å². The SMILES string of the molecule is CC1(c2ccccc2Br)NC(=O)N(CC(=O)Nc2ccccc2SC(F)F)C1=O. The molecule has 0 bridgehead atoms. The van der Waals surface area contributed by atoms with Crippen molar-refractivity contribution in [3.05, 3.63) is 58.6 Å². The molecule has 1 heterocycles. The maximum Gasteiger partial charge on any atom is 0.325 e. The number of halogens is 3. The first-order valence-corrected chi connectivity index (χ1v) is 10.1. The number of urea groups is 1. The van der Waals surface area contributed by atoms with Gasteiger partial charge in [0.1, 0.15) is 12.1 Å². The number of alkyl halides is 2. The highest BCUT2D eigenvalue weighted by Gasteiger charge is 2.50. The van der Waals surface area contributed by atoms with Gasteiger partial charge in [-0.05, 0) is 25.1 Å². The van der Waals surface area contributed by atoms with Crippen LogP contribution >= 0.6 is 27.7 Å². The Balaban J connectivity index is 1.76. The maximum atomic E-state index is 12.9. The second-order valence-electron chi connectivity index (χ2n) is 6.35. The minimum Gasteiger partial charge on any atom is -0.324 e. The summed E-state index contributed by atoms with van der Waals surface area (Å²) < 4.78 is 26.0. The summed E-state index contributed by atoms with van der Waals surface area (Å²) in [6, 6.07) is 12.3. The lowest BCUT2D eigenvalue weighted by Crippen LogP contribution is -2.42. The smallest absolute Gasteiger partial charge is 0.324 e. The van der Waals surface area contributed by atoms with E-state index in [0.717, 1.165) is 4.90 Å². The molecule has 0 radical (unpaired) electrons. The van der Waals surface area contributed by atoms with Crippen LogP contribution in [0, 0.1) is 0 Å². The van der Waals surface area contributed by atoms with Gasteiger partial charge < -0.3 is 10.6 Å². The molecule has 1 atom stereocenters. The number of para-hydroxylation sites is 1. The average Bonchev–Trinajstić information content (AvgIpc) is 2.87. The largest absolute Gasteiger partial charge is 0.325 e. The van der Waals surface area contributed by atoms with Crippen molar-refractivity contribution < 1.29 is 23.2 Å². The van der Waals surface area contributed by atoms with Gasteiger partial charge in [0.2, 0.25) is 5.91 Å². The van der Waals surface area contributed by atoms with Crippen LogP contribution in [0.25, 0.3) is 0 Å². The number of carbonyl (C=O) groups excluding carboxylic acids is 3. The number of carbonyl (C=O) groups is 3. The number of thioether (sulfide) groups is 1. The standard InChI is InChI=1S/C19H16BrF2N3O3S/c1-19(11-6-2-3-7-12(11)20)16(27)25(18(28)24-19)10-15(26)23-13-8-4-5-9-14(13)29-17(21)22/h2-9,17H,10H2,1H3,(H,23,26)(H,24,28). The fourth-order valence-electron chi connectivity index (χ4n) is 2.99. The third-order valence-corrected chi connectivity index (χ3v) is 5.85. The molecule has 10 heteroatoms. The summed E-state index contributed by atoms with van der Waals surface area (Å²) in [6.07, 6.45) is 0. The fourth-order valence-corrected chi connectivity index (χ4v) is 4.27. The van der Waals surface area contributed by atoms with E-state index in [1.807, 2.05) is 0 Å². The number of benzene rings is 2. The number of amides is 4. The van der Waals surface area contributed by atoms with Crippen LogP contribution in [0.2, 0.25) is 0 Å². The summed E-state index contributed by atoms with van der Waals surface area (Å²) in [4.78, 5) is 38.7. The summed E-state index contributed by atoms with van der Waals surface area (Å²) >= 11 is 3.66. The van der Waals surface area contributed by atoms with Gasteiger partial charge in [-0.25, -0.2) is 4.79 Å². The molecule has 4 amide bonds. The lowest BCUT2D eigenvalue weighted by molar-refractivity contribution is -0.133. The minimum atomic E-state index is -2.65. The summed E-state index contributed by atoms with van der Waals surface area (Å²) in [5, 5.41) is 5.10. The number of nitrogens with zero attached hydrogens (tertiary/aromatic N) is 1. The van der Waals surface area contributed by atoms with Crippen LogP contribution in [0.15, 0.2) is 57.9 Å². The molecule has 1 fully saturated rings. The number of hydrogen-bond donors (Lipinski definition) is 2. The van der Waals surface area contributed by atoms with E-state index < -0.39 is 35.7 Å². The second-order valence-corrected chi connectivity index (χ2v) is 8.24. The molecular formula is C19H16BrF2N3O3S. The highest BCUT2D eigenvalue weighted by atomic mass is 79.9. The zero-order valence-corrected chi connectivity index (χ0v) is 17.5. The van der Waals surface area contributed by atoms with Crippen molar-refractivity contribution in [1.82, 2.24) is 10.2 Å². The van der Waals surface area contributed by atoms with Crippen LogP contribution in [0.1, 0.15) is 12.5 Å². The Morgan fingerprint density at radius 1 is 1.21 bits per heavy atom. The van der Waals surface area contributed by atoms with Crippen LogP contribution in [0.4, 0.5) is 19.3 Å². The Kier molecular flexibility index (Phi) is 6.23. The highest BCUT2D eigenvalue weighted by molar-refractivity contribution is 9.10. The molecule has 152 valence electrons. The normalized spacial score (nSPS) is 18.9. The zero-order valence-electron chi connectivity index (χ0n) is 15.1. The monoisotopic (exact) mass is 483 g/mol. The number of anilines is 1. The maximum absolute atomic E-state index is 12.9. The van der Waals surface area contributed by atoms with E-state index in [4.69, 9.17) is 0 Å². The average molecular weight is 484 g/mol. The lowest BCUT2D eigenvalue weighted by atomic mass is 9.92. The van der Waals surface area contributed by atoms with Crippen molar-refractivity contribution in [2.75, 3.05) is 11.9 Å². The molecule has 1 saturated heterocycles. The Morgan fingerprint density at radius 3 is 2.55 bits per heavy atom. The summed E-state index contributed by atoms with van der Waals surface area (Å²) in [7, 11) is 0. The van der Waals surface area contributed by atoms with E-state index >= 15 is 0 Å². The van der Waals surface area contributed by atoms with Gasteiger partial charge in [-0.2, -0.15) is 8.78 Å². The predicted molar refractivity (Wildman–Crippen MR) is 109 cm³/mol. The first-order valence-electron chi connectivity index (χ1n) is 8.45. The highest BCUT2D eigenvalue weighted by Crippen LogP contribution is 2.34. The number of rotatable bonds is 6. The van der Waals surface area contributed by atoms with Crippen molar-refractivity contribution in [3.63, 3.8) is 0 Å². The van der Waals surface area contributed by atoms with Crippen molar-refractivity contribution >= 4 is 51.2 Å². The minimum absolute atomic E-state index is 0.184. The quantitative estimate of drug-likeness (QED) is 0.477. The van der Waals surface area contributed by atoms with E-state index in [2.05, 4.69) is 26.6 Å². The molecule has 2 aromatic carbocycles. The van der Waals surface area contributed by atoms with Gasteiger partial charge in [-0.1, -0.05) is 58.0 Å². The Bertz CT molecular complexity index is 975. The summed E-state index contributed by atoms with van der Waals surface area (Å²) in [5.41, 5.74) is -0.593. The number of hydrogen-bond acceptors (Lipinski definition) is 4. The molecule has 2 N–H and O–H groups in total. The Labute approximate surface area is 178 Å². The molecule has 0 saturated carbocycles. The molecule has 1 aliphatic rings. The van der Waals surface area contributed by atoms with Gasteiger partial charge in [0.15, 0.2) is 0 Å². The predicted octanol–water partition coefficient (Wildman–Crippen LogP) is 4.17. The van der Waals surface area contributed by atoms with Gasteiger partial charge in [-0.15, -0.1) is 0 Å². The third-order valence-electron chi connectivity index (χ3n) is 4.37. The van der Waals surface area contributed by atoms with E-state index in [1.165, 1.54) is 12.1 Å². The topological polar surface area (TPSA) is 78.5 Å². The molecule has 1 unspecified atom stereocenters. The Hall–Kier alpha value is -2.46. The van der Waals surface area contributed by atoms with Crippen LogP contribution in [0.3, 0.4) is 0 Å². The van der Waals surface area contributed by atoms with Gasteiger partial charge >= 0.3 is 6.03 Å². The second kappa shape index (κ2) is 8.50. The van der Waals surface area contributed by atoms with Crippen LogP contribution < -0.4 is 10.6 Å². The van der Waals surface area contributed by atoms with Crippen molar-refractivity contribution in [3.8, 4) is 0 Å². The molecule has 29 heavy (non-hydrogen) atoms. The molecule has 0 spiro atoms. The molecule has 6 nitrogen and oxygen atoms in total. The molecular weight excluding hydrogens is 468 g/mol. The summed E-state index contributed by atoms with van der Waals surface area (Å²) in [5.74, 6) is -3.91. The Morgan fingerprint density at radius 2 is 1.86 bits per heavy atom. The van der Waals surface area contributed by atoms with Crippen molar-refractivity contribution in [1.29, 1.82) is 0 Å². The molecule has 2 aromatic rings. The number of imide groups is 1. The first kappa shape index (κ1) is 21.3. The van der Waals surface area contributed by atoms with Gasteiger partial charge in [-0.3, -0.25) is 14.5 Å². The molecule has 0 aromatic heterocycles. The van der Waals surface area contributed by atoms with E-state index in [-0.39, 0.29) is 10.6 Å². The first-order chi connectivity index (χ1) is 13.7. The van der Waals surface area contributed by atoms with Gasteiger partial charge in [0.25, 0.3) is 11.7 Å². The van der Waals surface area contributed by atoms with Gasteiger partial charge in [0.05, 0.1) is 5.69 Å².